The molecular formula is C15H20N2O2. The van der Waals surface area contributed by atoms with Crippen molar-refractivity contribution in [3.8, 4) is 5.75 Å². The molecule has 0 radical (unpaired) electrons. The van der Waals surface area contributed by atoms with E-state index in [1.807, 2.05) is 29.2 Å². The Hall–Kier alpha value is -1.55. The van der Waals surface area contributed by atoms with Crippen LogP contribution < -0.4 is 10.5 Å². The number of amides is 1. The zero-order valence-electron chi connectivity index (χ0n) is 11.0. The van der Waals surface area contributed by atoms with Gasteiger partial charge in [0, 0.05) is 19.0 Å². The van der Waals surface area contributed by atoms with Crippen molar-refractivity contribution in [2.24, 2.45) is 5.73 Å². The Kier molecular flexibility index (Phi) is 3.42. The Bertz CT molecular complexity index is 446. The first kappa shape index (κ1) is 12.5. The van der Waals surface area contributed by atoms with Crippen LogP contribution in [0.25, 0.3) is 0 Å². The number of nitrogens with zero attached hydrogens (tertiary/aromatic N) is 1. The number of carbonyl (C=O) groups excluding carboxylic acids is 1. The van der Waals surface area contributed by atoms with Crippen molar-refractivity contribution in [2.45, 2.75) is 37.8 Å². The van der Waals surface area contributed by atoms with Crippen LogP contribution in [0, 0.1) is 0 Å². The van der Waals surface area contributed by atoms with Gasteiger partial charge in [-0.1, -0.05) is 18.2 Å². The third-order valence-corrected chi connectivity index (χ3v) is 3.80. The van der Waals surface area contributed by atoms with Gasteiger partial charge in [-0.25, -0.2) is 0 Å². The molecule has 1 atom stereocenters. The molecule has 1 aliphatic carbocycles. The molecule has 0 aromatic heterocycles. The van der Waals surface area contributed by atoms with Gasteiger partial charge in [-0.15, -0.1) is 0 Å². The molecule has 1 heterocycles. The highest BCUT2D eigenvalue weighted by atomic mass is 16.5. The van der Waals surface area contributed by atoms with Gasteiger partial charge >= 0.3 is 0 Å². The van der Waals surface area contributed by atoms with Crippen molar-refractivity contribution in [3.63, 3.8) is 0 Å². The van der Waals surface area contributed by atoms with Gasteiger partial charge in [-0.05, 0) is 37.4 Å². The first-order chi connectivity index (χ1) is 9.29. The summed E-state index contributed by atoms with van der Waals surface area (Å²) in [5.41, 5.74) is 6.69. The summed E-state index contributed by atoms with van der Waals surface area (Å²) >= 11 is 0. The summed E-state index contributed by atoms with van der Waals surface area (Å²) < 4.78 is 5.79. The number of ether oxygens (including phenoxy) is 1. The number of rotatable bonds is 5. The Morgan fingerprint density at radius 2 is 2.16 bits per heavy atom. The molecule has 0 bridgehead atoms. The summed E-state index contributed by atoms with van der Waals surface area (Å²) in [6, 6.07) is 8.32. The molecule has 3 rings (SSSR count). The molecule has 1 unspecified atom stereocenters. The molecule has 0 spiro atoms. The van der Waals surface area contributed by atoms with E-state index in [-0.39, 0.29) is 12.0 Å². The van der Waals surface area contributed by atoms with Crippen LogP contribution in [0.3, 0.4) is 0 Å². The topological polar surface area (TPSA) is 55.6 Å². The minimum Gasteiger partial charge on any atom is -0.480 e. The lowest BCUT2D eigenvalue weighted by atomic mass is 10.1. The van der Waals surface area contributed by atoms with Crippen molar-refractivity contribution in [2.75, 3.05) is 13.1 Å². The third-order valence-electron chi connectivity index (χ3n) is 3.80. The number of nitrogens with two attached hydrogens (primary N) is 1. The molecule has 1 aliphatic heterocycles. The number of fused-ring (bicyclic) bond motifs is 1. The van der Waals surface area contributed by atoms with Crippen molar-refractivity contribution in [3.05, 3.63) is 29.8 Å². The average molecular weight is 260 g/mol. The highest BCUT2D eigenvalue weighted by molar-refractivity contribution is 5.83. The molecule has 1 amide bonds. The molecule has 2 aliphatic rings. The Balaban J connectivity index is 1.67. The standard InChI is InChI=1S/C15H20N2O2/c16-8-3-9-17(12-6-7-12)15(18)14-10-11-4-1-2-5-13(11)19-14/h1-2,4-5,12,14H,3,6-10,16H2. The monoisotopic (exact) mass is 260 g/mol. The van der Waals surface area contributed by atoms with Gasteiger partial charge in [0.05, 0.1) is 0 Å². The highest BCUT2D eigenvalue weighted by Crippen LogP contribution is 2.32. The van der Waals surface area contributed by atoms with Crippen LogP contribution in [0.5, 0.6) is 5.75 Å². The molecule has 19 heavy (non-hydrogen) atoms. The van der Waals surface area contributed by atoms with E-state index in [2.05, 4.69) is 0 Å². The fraction of sp³-hybridized carbons (Fsp3) is 0.533. The molecule has 102 valence electrons. The largest absolute Gasteiger partial charge is 0.480 e. The predicted molar refractivity (Wildman–Crippen MR) is 73.0 cm³/mol. The average Bonchev–Trinajstić information content (AvgIpc) is 3.17. The fourth-order valence-electron chi connectivity index (χ4n) is 2.63. The van der Waals surface area contributed by atoms with E-state index in [0.717, 1.165) is 37.1 Å². The summed E-state index contributed by atoms with van der Waals surface area (Å²) in [4.78, 5) is 14.5. The van der Waals surface area contributed by atoms with Crippen LogP contribution in [0.1, 0.15) is 24.8 Å². The summed E-state index contributed by atoms with van der Waals surface area (Å²) in [6.07, 6.45) is 3.46. The van der Waals surface area contributed by atoms with Crippen LogP contribution in [0.2, 0.25) is 0 Å². The summed E-state index contributed by atoms with van der Waals surface area (Å²) in [7, 11) is 0. The van der Waals surface area contributed by atoms with Crippen molar-refractivity contribution in [1.29, 1.82) is 0 Å². The second-order valence-corrected chi connectivity index (χ2v) is 5.32. The summed E-state index contributed by atoms with van der Waals surface area (Å²) in [5.74, 6) is 0.988. The fourth-order valence-corrected chi connectivity index (χ4v) is 2.63. The van der Waals surface area contributed by atoms with E-state index in [4.69, 9.17) is 10.5 Å². The lowest BCUT2D eigenvalue weighted by molar-refractivity contribution is -0.138. The second-order valence-electron chi connectivity index (χ2n) is 5.32. The number of para-hydroxylation sites is 1. The van der Waals surface area contributed by atoms with Gasteiger partial charge in [-0.3, -0.25) is 4.79 Å². The number of hydrogen-bond acceptors (Lipinski definition) is 3. The molecule has 1 aromatic rings. The maximum Gasteiger partial charge on any atom is 0.264 e. The molecule has 4 nitrogen and oxygen atoms in total. The number of benzene rings is 1. The zero-order chi connectivity index (χ0) is 13.2. The van der Waals surface area contributed by atoms with Gasteiger partial charge in [0.15, 0.2) is 6.10 Å². The van der Waals surface area contributed by atoms with Gasteiger partial charge in [0.25, 0.3) is 5.91 Å². The van der Waals surface area contributed by atoms with Gasteiger partial charge in [0.1, 0.15) is 5.75 Å². The summed E-state index contributed by atoms with van der Waals surface area (Å²) in [6.45, 7) is 1.39. The maximum absolute atomic E-state index is 12.6. The van der Waals surface area contributed by atoms with Crippen molar-refractivity contribution < 1.29 is 9.53 Å². The predicted octanol–water partition coefficient (Wildman–Crippen LogP) is 1.33. The Morgan fingerprint density at radius 1 is 1.37 bits per heavy atom. The molecule has 1 fully saturated rings. The van der Waals surface area contributed by atoms with Crippen LogP contribution >= 0.6 is 0 Å². The minimum absolute atomic E-state index is 0.132. The van der Waals surface area contributed by atoms with E-state index in [9.17, 15) is 4.79 Å². The van der Waals surface area contributed by atoms with Gasteiger partial charge < -0.3 is 15.4 Å². The van der Waals surface area contributed by atoms with E-state index in [0.29, 0.717) is 19.0 Å². The molecule has 2 N–H and O–H groups in total. The van der Waals surface area contributed by atoms with Gasteiger partial charge in [-0.2, -0.15) is 0 Å². The lowest BCUT2D eigenvalue weighted by Crippen LogP contribution is -2.43. The van der Waals surface area contributed by atoms with Crippen LogP contribution in [-0.2, 0) is 11.2 Å². The molecule has 1 saturated carbocycles. The Labute approximate surface area is 113 Å². The van der Waals surface area contributed by atoms with E-state index in [1.54, 1.807) is 0 Å². The molecular weight excluding hydrogens is 240 g/mol. The van der Waals surface area contributed by atoms with Crippen LogP contribution in [0.4, 0.5) is 0 Å². The quantitative estimate of drug-likeness (QED) is 0.869. The number of carbonyl (C=O) groups is 1. The molecule has 4 heteroatoms. The SMILES string of the molecule is NCCCN(C(=O)C1Cc2ccccc2O1)C1CC1. The normalized spacial score (nSPS) is 20.8. The summed E-state index contributed by atoms with van der Waals surface area (Å²) in [5, 5.41) is 0. The van der Waals surface area contributed by atoms with Crippen LogP contribution in [0.15, 0.2) is 24.3 Å². The van der Waals surface area contributed by atoms with E-state index in [1.165, 1.54) is 0 Å². The molecule has 1 aromatic carbocycles. The lowest BCUT2D eigenvalue weighted by Gasteiger charge is -2.25. The van der Waals surface area contributed by atoms with Crippen LogP contribution in [-0.4, -0.2) is 36.0 Å². The third kappa shape index (κ3) is 2.59. The highest BCUT2D eigenvalue weighted by Gasteiger charge is 2.38. The first-order valence-electron chi connectivity index (χ1n) is 7.04. The molecule has 0 saturated heterocycles. The van der Waals surface area contributed by atoms with Gasteiger partial charge in [0.2, 0.25) is 0 Å². The van der Waals surface area contributed by atoms with E-state index >= 15 is 0 Å². The van der Waals surface area contributed by atoms with Crippen molar-refractivity contribution in [1.82, 2.24) is 4.90 Å². The maximum atomic E-state index is 12.6. The second kappa shape index (κ2) is 5.21. The smallest absolute Gasteiger partial charge is 0.264 e. The number of hydrogen-bond donors (Lipinski definition) is 1. The zero-order valence-corrected chi connectivity index (χ0v) is 11.0. The Morgan fingerprint density at radius 3 is 2.84 bits per heavy atom. The first-order valence-corrected chi connectivity index (χ1v) is 7.04. The minimum atomic E-state index is -0.337. The van der Waals surface area contributed by atoms with E-state index < -0.39 is 0 Å². The van der Waals surface area contributed by atoms with Crippen molar-refractivity contribution >= 4 is 5.91 Å².